The van der Waals surface area contributed by atoms with Crippen molar-refractivity contribution in [3.63, 3.8) is 0 Å². The van der Waals surface area contributed by atoms with E-state index in [1.165, 1.54) is 42.5 Å². The van der Waals surface area contributed by atoms with E-state index in [1.807, 2.05) is 0 Å². The fraction of sp³-hybridized carbons (Fsp3) is 0.250. The monoisotopic (exact) mass is 354 g/mol. The number of halogens is 1. The molecule has 0 saturated heterocycles. The summed E-state index contributed by atoms with van der Waals surface area (Å²) >= 11 is -2.15. The van der Waals surface area contributed by atoms with Gasteiger partial charge in [0.05, 0.1) is 15.0 Å². The molecule has 1 aliphatic carbocycles. The lowest BCUT2D eigenvalue weighted by molar-refractivity contribution is 0.562. The van der Waals surface area contributed by atoms with Gasteiger partial charge in [-0.3, -0.25) is 0 Å². The molecule has 23 heavy (non-hydrogen) atoms. The van der Waals surface area contributed by atoms with E-state index >= 15 is 0 Å². The SMILES string of the molecule is O=S(O)c1ccc(S(=O)(=O)C(c2cccc(F)c2)C2CC2)cc1. The molecule has 2 atom stereocenters. The molecule has 7 heteroatoms. The highest BCUT2D eigenvalue weighted by molar-refractivity contribution is 7.91. The van der Waals surface area contributed by atoms with Crippen molar-refractivity contribution in [2.24, 2.45) is 5.92 Å². The van der Waals surface area contributed by atoms with Crippen LogP contribution in [0.2, 0.25) is 0 Å². The Bertz CT molecular complexity index is 843. The Morgan fingerprint density at radius 2 is 1.78 bits per heavy atom. The summed E-state index contributed by atoms with van der Waals surface area (Å²) in [5, 5.41) is -0.788. The second-order valence-corrected chi connectivity index (χ2v) is 8.62. The van der Waals surface area contributed by atoms with Gasteiger partial charge in [-0.15, -0.1) is 0 Å². The molecule has 2 aromatic rings. The van der Waals surface area contributed by atoms with Crippen LogP contribution in [0.1, 0.15) is 23.7 Å². The van der Waals surface area contributed by atoms with Crippen molar-refractivity contribution in [2.75, 3.05) is 0 Å². The highest BCUT2D eigenvalue weighted by Gasteiger charge is 2.42. The van der Waals surface area contributed by atoms with Gasteiger partial charge < -0.3 is 4.55 Å². The maximum Gasteiger partial charge on any atom is 0.186 e. The second kappa shape index (κ2) is 6.14. The Labute approximate surface area is 136 Å². The quantitative estimate of drug-likeness (QED) is 0.836. The second-order valence-electron chi connectivity index (χ2n) is 5.58. The van der Waals surface area contributed by atoms with Crippen molar-refractivity contribution in [3.8, 4) is 0 Å². The molecule has 122 valence electrons. The van der Waals surface area contributed by atoms with Gasteiger partial charge in [-0.1, -0.05) is 12.1 Å². The summed E-state index contributed by atoms with van der Waals surface area (Å²) in [7, 11) is -3.70. The van der Waals surface area contributed by atoms with E-state index in [0.717, 1.165) is 12.8 Å². The van der Waals surface area contributed by atoms with Gasteiger partial charge in [-0.05, 0) is 60.7 Å². The maximum absolute atomic E-state index is 13.5. The van der Waals surface area contributed by atoms with Crippen LogP contribution in [0, 0.1) is 11.7 Å². The topological polar surface area (TPSA) is 71.4 Å². The first-order chi connectivity index (χ1) is 10.9. The van der Waals surface area contributed by atoms with E-state index in [9.17, 15) is 17.0 Å². The summed E-state index contributed by atoms with van der Waals surface area (Å²) in [4.78, 5) is 0.213. The van der Waals surface area contributed by atoms with E-state index < -0.39 is 32.0 Å². The van der Waals surface area contributed by atoms with Crippen molar-refractivity contribution < 1.29 is 21.6 Å². The molecule has 1 saturated carbocycles. The van der Waals surface area contributed by atoms with Crippen LogP contribution in [0.4, 0.5) is 4.39 Å². The lowest BCUT2D eigenvalue weighted by Crippen LogP contribution is -2.16. The van der Waals surface area contributed by atoms with Gasteiger partial charge in [0.15, 0.2) is 20.9 Å². The minimum absolute atomic E-state index is 0.0200. The van der Waals surface area contributed by atoms with E-state index in [1.54, 1.807) is 6.07 Å². The number of rotatable bonds is 5. The van der Waals surface area contributed by atoms with Crippen LogP contribution in [0.25, 0.3) is 0 Å². The van der Waals surface area contributed by atoms with Gasteiger partial charge >= 0.3 is 0 Å². The van der Waals surface area contributed by atoms with Crippen molar-refractivity contribution in [1.29, 1.82) is 0 Å². The molecular weight excluding hydrogens is 339 g/mol. The van der Waals surface area contributed by atoms with Gasteiger partial charge in [0.2, 0.25) is 0 Å². The van der Waals surface area contributed by atoms with Crippen LogP contribution in [0.15, 0.2) is 58.3 Å². The molecule has 2 aromatic carbocycles. The van der Waals surface area contributed by atoms with Crippen LogP contribution in [0.3, 0.4) is 0 Å². The summed E-state index contributed by atoms with van der Waals surface area (Å²) in [6, 6.07) is 11.0. The van der Waals surface area contributed by atoms with E-state index in [0.29, 0.717) is 5.56 Å². The first kappa shape index (κ1) is 16.3. The Kier molecular flexibility index (Phi) is 4.35. The number of hydrogen-bond donors (Lipinski definition) is 1. The predicted molar refractivity (Wildman–Crippen MR) is 84.5 cm³/mol. The summed E-state index contributed by atoms with van der Waals surface area (Å²) in [5.41, 5.74) is 0.447. The minimum Gasteiger partial charge on any atom is -0.302 e. The van der Waals surface area contributed by atoms with Crippen molar-refractivity contribution in [1.82, 2.24) is 0 Å². The third-order valence-electron chi connectivity index (χ3n) is 3.92. The summed E-state index contributed by atoms with van der Waals surface area (Å²) in [5.74, 6) is -0.483. The van der Waals surface area contributed by atoms with Gasteiger partial charge in [-0.2, -0.15) is 0 Å². The zero-order valence-corrected chi connectivity index (χ0v) is 13.7. The number of hydrogen-bond acceptors (Lipinski definition) is 3. The molecule has 1 aliphatic rings. The Morgan fingerprint density at radius 1 is 1.13 bits per heavy atom. The van der Waals surface area contributed by atoms with Crippen molar-refractivity contribution >= 4 is 20.9 Å². The van der Waals surface area contributed by atoms with Crippen LogP contribution >= 0.6 is 0 Å². The van der Waals surface area contributed by atoms with Crippen LogP contribution < -0.4 is 0 Å². The molecule has 0 radical (unpaired) electrons. The molecule has 0 aromatic heterocycles. The van der Waals surface area contributed by atoms with E-state index in [4.69, 9.17) is 4.55 Å². The van der Waals surface area contributed by atoms with Gasteiger partial charge in [0.25, 0.3) is 0 Å². The van der Waals surface area contributed by atoms with Crippen LogP contribution in [0.5, 0.6) is 0 Å². The molecular formula is C16H15FO4S2. The third-order valence-corrected chi connectivity index (χ3v) is 6.85. The molecule has 4 nitrogen and oxygen atoms in total. The lowest BCUT2D eigenvalue weighted by Gasteiger charge is -2.18. The van der Waals surface area contributed by atoms with Crippen LogP contribution in [-0.4, -0.2) is 17.2 Å². The smallest absolute Gasteiger partial charge is 0.186 e. The average Bonchev–Trinajstić information content (AvgIpc) is 3.32. The first-order valence-corrected chi connectivity index (χ1v) is 9.75. The largest absolute Gasteiger partial charge is 0.302 e. The molecule has 0 heterocycles. The summed E-state index contributed by atoms with van der Waals surface area (Å²) < 4.78 is 59.4. The molecule has 3 rings (SSSR count). The Hall–Kier alpha value is -1.57. The molecule has 1 N–H and O–H groups in total. The van der Waals surface area contributed by atoms with Gasteiger partial charge in [0, 0.05) is 0 Å². The number of sulfone groups is 1. The van der Waals surface area contributed by atoms with Gasteiger partial charge in [0.1, 0.15) is 5.82 Å². The molecule has 0 amide bonds. The Balaban J connectivity index is 2.03. The van der Waals surface area contributed by atoms with Crippen LogP contribution in [-0.2, 0) is 20.9 Å². The standard InChI is InChI=1S/C16H15FO4S2/c17-13-3-1-2-12(10-13)16(11-4-5-11)23(20,21)15-8-6-14(7-9-15)22(18)19/h1-3,6-11,16H,4-5H2,(H,18,19). The first-order valence-electron chi connectivity index (χ1n) is 7.10. The van der Waals surface area contributed by atoms with Crippen molar-refractivity contribution in [2.45, 2.75) is 27.9 Å². The molecule has 1 fully saturated rings. The lowest BCUT2D eigenvalue weighted by atomic mass is 10.1. The molecule has 0 spiro atoms. The van der Waals surface area contributed by atoms with E-state index in [2.05, 4.69) is 0 Å². The maximum atomic E-state index is 13.5. The summed E-state index contributed by atoms with van der Waals surface area (Å²) in [6.45, 7) is 0. The number of benzene rings is 2. The highest BCUT2D eigenvalue weighted by Crippen LogP contribution is 2.47. The minimum atomic E-state index is -3.70. The zero-order valence-electron chi connectivity index (χ0n) is 12.1. The highest BCUT2D eigenvalue weighted by atomic mass is 32.2. The summed E-state index contributed by atoms with van der Waals surface area (Å²) in [6.07, 6.45) is 1.58. The Morgan fingerprint density at radius 3 is 2.30 bits per heavy atom. The molecule has 2 unspecified atom stereocenters. The zero-order chi connectivity index (χ0) is 16.6. The van der Waals surface area contributed by atoms with Crippen molar-refractivity contribution in [3.05, 3.63) is 59.9 Å². The fourth-order valence-corrected chi connectivity index (χ4v) is 5.14. The molecule has 0 aliphatic heterocycles. The van der Waals surface area contributed by atoms with E-state index in [-0.39, 0.29) is 15.7 Å². The van der Waals surface area contributed by atoms with Gasteiger partial charge in [-0.25, -0.2) is 17.0 Å². The third kappa shape index (κ3) is 3.36. The molecule has 0 bridgehead atoms. The average molecular weight is 354 g/mol. The fourth-order valence-electron chi connectivity index (χ4n) is 2.68. The predicted octanol–water partition coefficient (Wildman–Crippen LogP) is 3.33. The normalized spacial score (nSPS) is 17.7.